The Morgan fingerprint density at radius 2 is 1.02 bits per heavy atom. The zero-order chi connectivity index (χ0) is 34.0. The van der Waals surface area contributed by atoms with Crippen LogP contribution in [0.4, 0.5) is 0 Å². The normalized spacial score (nSPS) is 11.5. The lowest BCUT2D eigenvalue weighted by Gasteiger charge is -2.35. The first kappa shape index (κ1) is 32.4. The minimum Gasteiger partial charge on any atom is -0.365 e. The van der Waals surface area contributed by atoms with Crippen LogP contribution in [-0.2, 0) is 39.5 Å². The van der Waals surface area contributed by atoms with Gasteiger partial charge in [0.1, 0.15) is 0 Å². The van der Waals surface area contributed by atoms with Crippen LogP contribution in [0.15, 0.2) is 135 Å². The summed E-state index contributed by atoms with van der Waals surface area (Å²) in [5, 5.41) is 1.09. The van der Waals surface area contributed by atoms with Crippen LogP contribution >= 0.6 is 11.8 Å². The number of fused-ring (bicyclic) bond motifs is 2. The van der Waals surface area contributed by atoms with Crippen LogP contribution in [0.2, 0.25) is 0 Å². The van der Waals surface area contributed by atoms with E-state index in [0.717, 1.165) is 14.9 Å². The molecule has 0 saturated heterocycles. The lowest BCUT2D eigenvalue weighted by Crippen LogP contribution is -2.36. The fourth-order valence-electron chi connectivity index (χ4n) is 6.13. The molecule has 3 aromatic carbocycles. The van der Waals surface area contributed by atoms with Crippen molar-refractivity contribution in [1.29, 1.82) is 0 Å². The SMILES string of the molecule is Cn1c(=O)c2c[nH]cc2n(C)c1=O.Cn1c(=O)c2cn(CCSC(c3ccccc3)(c3ccccc3)c3ccccc3)cc2n(C)c1=O. The highest BCUT2D eigenvalue weighted by atomic mass is 32.2. The van der Waals surface area contributed by atoms with E-state index in [4.69, 9.17) is 0 Å². The van der Waals surface area contributed by atoms with Gasteiger partial charge in [-0.25, -0.2) is 9.59 Å². The van der Waals surface area contributed by atoms with Crippen LogP contribution < -0.4 is 22.5 Å². The number of hydrogen-bond acceptors (Lipinski definition) is 5. The van der Waals surface area contributed by atoms with Crippen molar-refractivity contribution in [3.63, 3.8) is 0 Å². The van der Waals surface area contributed by atoms with Gasteiger partial charge in [0, 0.05) is 65.3 Å². The van der Waals surface area contributed by atoms with Crippen LogP contribution in [0.5, 0.6) is 0 Å². The third-order valence-electron chi connectivity index (χ3n) is 8.73. The molecule has 0 atom stereocenters. The van der Waals surface area contributed by atoms with Crippen molar-refractivity contribution in [2.45, 2.75) is 11.3 Å². The molecule has 0 aliphatic heterocycles. The van der Waals surface area contributed by atoms with Crippen LogP contribution in [-0.4, -0.2) is 33.6 Å². The Kier molecular flexibility index (Phi) is 8.97. The molecule has 0 amide bonds. The van der Waals surface area contributed by atoms with Gasteiger partial charge in [0.05, 0.1) is 26.6 Å². The van der Waals surface area contributed by atoms with E-state index >= 15 is 0 Å². The zero-order valence-electron chi connectivity index (χ0n) is 27.2. The number of nitrogens with zero attached hydrogens (tertiary/aromatic N) is 5. The number of aromatic amines is 1. The van der Waals surface area contributed by atoms with Crippen molar-refractivity contribution in [2.75, 3.05) is 5.75 Å². The predicted octanol–water partition coefficient (Wildman–Crippen LogP) is 4.33. The molecule has 4 aromatic heterocycles. The highest BCUT2D eigenvalue weighted by Crippen LogP contribution is 2.48. The van der Waals surface area contributed by atoms with Crippen LogP contribution in [0, 0.1) is 0 Å². The molecule has 10 nitrogen and oxygen atoms in total. The van der Waals surface area contributed by atoms with Crippen molar-refractivity contribution in [3.05, 3.63) is 174 Å². The minimum atomic E-state index is -0.390. The second kappa shape index (κ2) is 13.3. The van der Waals surface area contributed by atoms with Crippen molar-refractivity contribution < 1.29 is 0 Å². The molecule has 0 bridgehead atoms. The quantitative estimate of drug-likeness (QED) is 0.256. The van der Waals surface area contributed by atoms with Gasteiger partial charge in [0.25, 0.3) is 11.1 Å². The number of benzene rings is 3. The highest BCUT2D eigenvalue weighted by molar-refractivity contribution is 8.00. The summed E-state index contributed by atoms with van der Waals surface area (Å²) in [6.07, 6.45) is 6.98. The first-order valence-corrected chi connectivity index (χ1v) is 16.4. The van der Waals surface area contributed by atoms with Gasteiger partial charge in [-0.2, -0.15) is 0 Å². The Labute approximate surface area is 280 Å². The predicted molar refractivity (Wildman–Crippen MR) is 193 cm³/mol. The van der Waals surface area contributed by atoms with Gasteiger partial charge in [-0.05, 0) is 16.7 Å². The molecular formula is C37H36N6O4S. The molecule has 0 aliphatic rings. The second-order valence-corrected chi connectivity index (χ2v) is 12.9. The molecule has 7 aromatic rings. The fourth-order valence-corrected chi connectivity index (χ4v) is 7.64. The monoisotopic (exact) mass is 660 g/mol. The number of rotatable bonds is 7. The van der Waals surface area contributed by atoms with Crippen molar-refractivity contribution in [3.8, 4) is 0 Å². The molecule has 7 rings (SSSR count). The van der Waals surface area contributed by atoms with Crippen molar-refractivity contribution in [2.24, 2.45) is 28.2 Å². The molecule has 11 heteroatoms. The Bertz CT molecular complexity index is 2360. The summed E-state index contributed by atoms with van der Waals surface area (Å²) < 4.78 is 6.85. The third kappa shape index (κ3) is 5.66. The average molecular weight is 661 g/mol. The maximum absolute atomic E-state index is 12.6. The summed E-state index contributed by atoms with van der Waals surface area (Å²) in [6, 6.07) is 31.8. The maximum Gasteiger partial charge on any atom is 0.330 e. The van der Waals surface area contributed by atoms with Gasteiger partial charge in [0.2, 0.25) is 0 Å². The van der Waals surface area contributed by atoms with E-state index in [9.17, 15) is 19.2 Å². The smallest absolute Gasteiger partial charge is 0.330 e. The molecule has 0 fully saturated rings. The standard InChI is InChI=1S/C29H27N3O2S.C8H9N3O2/c1-30-26-21-32(20-25(26)27(33)31(2)28(30)34)18-19-35-29(22-12-6-3-7-13-22,23-14-8-4-9-15-23)24-16-10-5-11-17-24;1-10-6-4-9-3-5(6)7(12)11(2)8(10)13/h3-17,20-21H,18-19H2,1-2H3;3-4,9H,1-2H3. The van der Waals surface area contributed by atoms with E-state index in [-0.39, 0.29) is 27.2 Å². The van der Waals surface area contributed by atoms with Gasteiger partial charge in [-0.1, -0.05) is 91.0 Å². The van der Waals surface area contributed by atoms with Gasteiger partial charge in [0.15, 0.2) is 0 Å². The molecule has 244 valence electrons. The summed E-state index contributed by atoms with van der Waals surface area (Å²) in [7, 11) is 6.33. The summed E-state index contributed by atoms with van der Waals surface area (Å²) in [5.74, 6) is 0.800. The van der Waals surface area contributed by atoms with Crippen LogP contribution in [0.1, 0.15) is 16.7 Å². The molecule has 0 spiro atoms. The van der Waals surface area contributed by atoms with Crippen LogP contribution in [0.3, 0.4) is 0 Å². The third-order valence-corrected chi connectivity index (χ3v) is 10.3. The summed E-state index contributed by atoms with van der Waals surface area (Å²) in [6.45, 7) is 0.699. The van der Waals surface area contributed by atoms with Crippen molar-refractivity contribution in [1.82, 2.24) is 27.8 Å². The van der Waals surface area contributed by atoms with Gasteiger partial charge < -0.3 is 9.55 Å². The fraction of sp³-hybridized carbons (Fsp3) is 0.189. The Morgan fingerprint density at radius 3 is 1.52 bits per heavy atom. The molecule has 0 saturated carbocycles. The Hall–Kier alpha value is -5.55. The minimum absolute atomic E-state index is 0.262. The van der Waals surface area contributed by atoms with Crippen molar-refractivity contribution >= 4 is 33.6 Å². The summed E-state index contributed by atoms with van der Waals surface area (Å²) in [4.78, 5) is 50.7. The molecule has 0 unspecified atom stereocenters. The number of H-pyrrole nitrogens is 1. The molecule has 4 heterocycles. The van der Waals surface area contributed by atoms with E-state index < -0.39 is 0 Å². The number of thioether (sulfide) groups is 1. The number of hydrogen-bond donors (Lipinski definition) is 1. The summed E-state index contributed by atoms with van der Waals surface area (Å²) in [5.41, 5.74) is 3.80. The molecule has 48 heavy (non-hydrogen) atoms. The van der Waals surface area contributed by atoms with Crippen LogP contribution in [0.25, 0.3) is 21.8 Å². The molecule has 0 radical (unpaired) electrons. The first-order valence-electron chi connectivity index (χ1n) is 15.4. The molecular weight excluding hydrogens is 625 g/mol. The Morgan fingerprint density at radius 1 is 0.562 bits per heavy atom. The van der Waals surface area contributed by atoms with Gasteiger partial charge in [-0.3, -0.25) is 27.9 Å². The van der Waals surface area contributed by atoms with Gasteiger partial charge >= 0.3 is 11.4 Å². The number of aromatic nitrogens is 6. The van der Waals surface area contributed by atoms with E-state index in [1.807, 2.05) is 46.9 Å². The highest BCUT2D eigenvalue weighted by Gasteiger charge is 2.36. The topological polar surface area (TPSA) is 109 Å². The molecule has 0 aliphatic carbocycles. The largest absolute Gasteiger partial charge is 0.365 e. The van der Waals surface area contributed by atoms with E-state index in [1.165, 1.54) is 39.9 Å². The van der Waals surface area contributed by atoms with E-state index in [2.05, 4.69) is 77.8 Å². The average Bonchev–Trinajstić information content (AvgIpc) is 3.80. The first-order chi connectivity index (χ1) is 23.1. The second-order valence-electron chi connectivity index (χ2n) is 11.6. The number of aryl methyl sites for hydroxylation is 3. The van der Waals surface area contributed by atoms with Gasteiger partial charge in [-0.15, -0.1) is 11.8 Å². The number of nitrogens with one attached hydrogen (secondary N) is 1. The lowest BCUT2D eigenvalue weighted by atomic mass is 9.84. The maximum atomic E-state index is 12.6. The zero-order valence-corrected chi connectivity index (χ0v) is 28.0. The van der Waals surface area contributed by atoms with E-state index in [1.54, 1.807) is 26.5 Å². The lowest BCUT2D eigenvalue weighted by molar-refractivity contribution is 0.714. The summed E-state index contributed by atoms with van der Waals surface area (Å²) >= 11 is 1.88. The van der Waals surface area contributed by atoms with E-state index in [0.29, 0.717) is 28.4 Å². The molecule has 1 N–H and O–H groups in total. The Balaban J connectivity index is 0.000000257.